The van der Waals surface area contributed by atoms with Crippen LogP contribution in [0, 0.1) is 10.1 Å². The molecule has 2 heterocycles. The van der Waals surface area contributed by atoms with Crippen molar-refractivity contribution in [3.63, 3.8) is 0 Å². The second-order valence-corrected chi connectivity index (χ2v) is 9.69. The number of benzene rings is 2. The van der Waals surface area contributed by atoms with Gasteiger partial charge in [-0.2, -0.15) is 4.31 Å². The fourth-order valence-electron chi connectivity index (χ4n) is 4.07. The minimum absolute atomic E-state index is 0.0969. The van der Waals surface area contributed by atoms with Crippen LogP contribution in [0.2, 0.25) is 0 Å². The van der Waals surface area contributed by atoms with E-state index < -0.39 is 21.2 Å². The number of hydrogen-bond donors (Lipinski definition) is 2. The molecule has 11 heteroatoms. The fourth-order valence-corrected chi connectivity index (χ4v) is 5.51. The van der Waals surface area contributed by atoms with E-state index in [4.69, 9.17) is 4.74 Å². The molecule has 32 heavy (non-hydrogen) atoms. The number of aliphatic hydroxyl groups is 1. The largest absolute Gasteiger partial charge is 0.379 e. The lowest BCUT2D eigenvalue weighted by Gasteiger charge is -2.28. The standard InChI is InChI=1S/C21H26N4O6S/c26-21(17-5-1-2-6-19(17)25(27)28)22-18-15-16(7-8-20(18)23-9-3-4-10-23)32(29,30)24-11-13-31-14-12-24/h1-2,5-8,15,21-22,26H,3-4,9-14H2/t21-/m1/s1. The quantitative estimate of drug-likeness (QED) is 0.365. The predicted octanol–water partition coefficient (Wildman–Crippen LogP) is 2.32. The number of nitrogens with one attached hydrogen (secondary N) is 1. The van der Waals surface area contributed by atoms with E-state index in [2.05, 4.69) is 10.2 Å². The molecule has 4 rings (SSSR count). The Hall–Kier alpha value is -2.73. The van der Waals surface area contributed by atoms with E-state index in [-0.39, 0.29) is 29.2 Å². The Morgan fingerprint density at radius 3 is 2.44 bits per heavy atom. The van der Waals surface area contributed by atoms with Crippen LogP contribution in [-0.4, -0.2) is 62.1 Å². The van der Waals surface area contributed by atoms with Crippen LogP contribution >= 0.6 is 0 Å². The monoisotopic (exact) mass is 462 g/mol. The van der Waals surface area contributed by atoms with Crippen LogP contribution in [0.3, 0.4) is 0 Å². The van der Waals surface area contributed by atoms with Crippen LogP contribution in [0.25, 0.3) is 0 Å². The van der Waals surface area contributed by atoms with E-state index in [1.54, 1.807) is 18.2 Å². The third-order valence-corrected chi connectivity index (χ3v) is 7.64. The first-order valence-corrected chi connectivity index (χ1v) is 12.0. The summed E-state index contributed by atoms with van der Waals surface area (Å²) in [6.45, 7) is 2.85. The summed E-state index contributed by atoms with van der Waals surface area (Å²) in [5.41, 5.74) is 1.05. The third-order valence-electron chi connectivity index (χ3n) is 5.74. The molecule has 1 atom stereocenters. The number of morpholine rings is 1. The SMILES string of the molecule is O=[N+]([O-])c1ccccc1[C@@H](O)Nc1cc(S(=O)(=O)N2CCOCC2)ccc1N1CCCC1. The van der Waals surface area contributed by atoms with E-state index in [0.717, 1.165) is 31.6 Å². The van der Waals surface area contributed by atoms with Gasteiger partial charge in [0.1, 0.15) is 0 Å². The van der Waals surface area contributed by atoms with Gasteiger partial charge in [0.15, 0.2) is 6.23 Å². The van der Waals surface area contributed by atoms with Crippen molar-refractivity contribution < 1.29 is 23.2 Å². The number of sulfonamides is 1. The number of ether oxygens (including phenoxy) is 1. The number of rotatable bonds is 7. The van der Waals surface area contributed by atoms with Crippen molar-refractivity contribution in [2.24, 2.45) is 0 Å². The summed E-state index contributed by atoms with van der Waals surface area (Å²) in [4.78, 5) is 13.0. The summed E-state index contributed by atoms with van der Waals surface area (Å²) in [6.07, 6.45) is 0.638. The van der Waals surface area contributed by atoms with Gasteiger partial charge in [0, 0.05) is 32.2 Å². The number of nitrogens with zero attached hydrogens (tertiary/aromatic N) is 3. The summed E-state index contributed by atoms with van der Waals surface area (Å²) in [6, 6.07) is 10.7. The molecule has 2 fully saturated rings. The number of aliphatic hydroxyl groups excluding tert-OH is 1. The lowest BCUT2D eigenvalue weighted by atomic mass is 10.1. The minimum atomic E-state index is -3.74. The van der Waals surface area contributed by atoms with Crippen molar-refractivity contribution in [3.05, 3.63) is 58.1 Å². The molecule has 0 amide bonds. The van der Waals surface area contributed by atoms with Gasteiger partial charge in [-0.05, 0) is 37.1 Å². The van der Waals surface area contributed by atoms with Gasteiger partial charge < -0.3 is 20.1 Å². The van der Waals surface area contributed by atoms with E-state index in [1.807, 2.05) is 0 Å². The molecule has 0 bridgehead atoms. The molecular weight excluding hydrogens is 436 g/mol. The molecule has 0 aliphatic carbocycles. The Morgan fingerprint density at radius 2 is 1.75 bits per heavy atom. The van der Waals surface area contributed by atoms with Crippen LogP contribution in [-0.2, 0) is 14.8 Å². The highest BCUT2D eigenvalue weighted by Crippen LogP contribution is 2.35. The molecule has 0 spiro atoms. The number of para-hydroxylation sites is 1. The fraction of sp³-hybridized carbons (Fsp3) is 0.429. The predicted molar refractivity (Wildman–Crippen MR) is 119 cm³/mol. The molecule has 0 unspecified atom stereocenters. The molecule has 0 aromatic heterocycles. The molecular formula is C21H26N4O6S. The lowest BCUT2D eigenvalue weighted by Crippen LogP contribution is -2.40. The van der Waals surface area contributed by atoms with Crippen molar-refractivity contribution in [2.75, 3.05) is 49.6 Å². The highest BCUT2D eigenvalue weighted by Gasteiger charge is 2.29. The second-order valence-electron chi connectivity index (χ2n) is 7.75. The first-order valence-electron chi connectivity index (χ1n) is 10.5. The maximum atomic E-state index is 13.1. The van der Waals surface area contributed by atoms with Gasteiger partial charge in [0.25, 0.3) is 5.69 Å². The van der Waals surface area contributed by atoms with Gasteiger partial charge in [-0.1, -0.05) is 12.1 Å². The molecule has 172 valence electrons. The third kappa shape index (κ3) is 4.56. The highest BCUT2D eigenvalue weighted by atomic mass is 32.2. The van der Waals surface area contributed by atoms with Crippen molar-refractivity contribution in [2.45, 2.75) is 24.0 Å². The van der Waals surface area contributed by atoms with E-state index in [0.29, 0.717) is 18.9 Å². The van der Waals surface area contributed by atoms with Crippen LogP contribution < -0.4 is 10.2 Å². The van der Waals surface area contributed by atoms with Gasteiger partial charge in [-0.15, -0.1) is 0 Å². The Bertz CT molecular complexity index is 1080. The van der Waals surface area contributed by atoms with Gasteiger partial charge in [0.2, 0.25) is 10.0 Å². The molecule has 2 aliphatic rings. The van der Waals surface area contributed by atoms with Crippen molar-refractivity contribution in [1.29, 1.82) is 0 Å². The number of hydrogen-bond acceptors (Lipinski definition) is 8. The zero-order chi connectivity index (χ0) is 22.7. The highest BCUT2D eigenvalue weighted by molar-refractivity contribution is 7.89. The van der Waals surface area contributed by atoms with Gasteiger partial charge in [0.05, 0.1) is 40.0 Å². The van der Waals surface area contributed by atoms with Crippen LogP contribution in [0.4, 0.5) is 17.1 Å². The summed E-state index contributed by atoms with van der Waals surface area (Å²) in [5.74, 6) is 0. The molecule has 2 aromatic carbocycles. The Morgan fingerprint density at radius 1 is 1.06 bits per heavy atom. The van der Waals surface area contributed by atoms with Crippen molar-refractivity contribution >= 4 is 27.1 Å². The van der Waals surface area contributed by atoms with Gasteiger partial charge >= 0.3 is 0 Å². The summed E-state index contributed by atoms with van der Waals surface area (Å²) < 4.78 is 32.9. The number of nitro benzene ring substituents is 1. The van der Waals surface area contributed by atoms with E-state index >= 15 is 0 Å². The van der Waals surface area contributed by atoms with Crippen LogP contribution in [0.5, 0.6) is 0 Å². The summed E-state index contributed by atoms with van der Waals surface area (Å²) >= 11 is 0. The molecule has 0 saturated carbocycles. The second kappa shape index (κ2) is 9.41. The number of anilines is 2. The van der Waals surface area contributed by atoms with Crippen LogP contribution in [0.15, 0.2) is 47.4 Å². The molecule has 0 radical (unpaired) electrons. The smallest absolute Gasteiger partial charge is 0.277 e. The normalized spacial score (nSPS) is 18.5. The van der Waals surface area contributed by atoms with Crippen molar-refractivity contribution in [3.8, 4) is 0 Å². The molecule has 2 aliphatic heterocycles. The molecule has 2 saturated heterocycles. The topological polar surface area (TPSA) is 125 Å². The first kappa shape index (κ1) is 22.5. The molecule has 10 nitrogen and oxygen atoms in total. The molecule has 2 N–H and O–H groups in total. The maximum Gasteiger partial charge on any atom is 0.277 e. The zero-order valence-electron chi connectivity index (χ0n) is 17.5. The van der Waals surface area contributed by atoms with Gasteiger partial charge in [-0.25, -0.2) is 8.42 Å². The van der Waals surface area contributed by atoms with Crippen LogP contribution in [0.1, 0.15) is 24.6 Å². The number of nitro groups is 1. The Balaban J connectivity index is 1.70. The summed E-state index contributed by atoms with van der Waals surface area (Å²) in [5, 5.41) is 25.1. The molecule has 2 aromatic rings. The van der Waals surface area contributed by atoms with Gasteiger partial charge in [-0.3, -0.25) is 10.1 Å². The van der Waals surface area contributed by atoms with E-state index in [1.165, 1.54) is 28.6 Å². The minimum Gasteiger partial charge on any atom is -0.379 e. The maximum absolute atomic E-state index is 13.1. The Labute approximate surface area is 186 Å². The average molecular weight is 463 g/mol. The van der Waals surface area contributed by atoms with E-state index in [9.17, 15) is 23.6 Å². The zero-order valence-corrected chi connectivity index (χ0v) is 18.3. The average Bonchev–Trinajstić information content (AvgIpc) is 3.34. The van der Waals surface area contributed by atoms with Crippen molar-refractivity contribution in [1.82, 2.24) is 4.31 Å². The Kier molecular flexibility index (Phi) is 6.60. The first-order chi connectivity index (χ1) is 15.4. The lowest BCUT2D eigenvalue weighted by molar-refractivity contribution is -0.386. The summed E-state index contributed by atoms with van der Waals surface area (Å²) in [7, 11) is -3.74.